The van der Waals surface area contributed by atoms with Gasteiger partial charge in [0.25, 0.3) is 0 Å². The summed E-state index contributed by atoms with van der Waals surface area (Å²) in [5.74, 6) is 1.77. The number of carbonyl (C=O) groups is 1. The van der Waals surface area contributed by atoms with Crippen molar-refractivity contribution in [3.05, 3.63) is 24.4 Å². The predicted octanol–water partition coefficient (Wildman–Crippen LogP) is 0.794. The van der Waals surface area contributed by atoms with E-state index in [-0.39, 0.29) is 11.8 Å². The van der Waals surface area contributed by atoms with Gasteiger partial charge in [-0.05, 0) is 19.9 Å². The van der Waals surface area contributed by atoms with Gasteiger partial charge in [0.15, 0.2) is 0 Å². The second-order valence-electron chi connectivity index (χ2n) is 5.49. The van der Waals surface area contributed by atoms with Crippen molar-refractivity contribution in [1.29, 1.82) is 0 Å². The van der Waals surface area contributed by atoms with Gasteiger partial charge in [0.2, 0.25) is 23.4 Å². The molecule has 0 spiro atoms. The Kier molecular flexibility index (Phi) is 4.61. The van der Waals surface area contributed by atoms with Crippen LogP contribution in [0.4, 0.5) is 0 Å². The van der Waals surface area contributed by atoms with E-state index in [0.717, 1.165) is 26.2 Å². The number of rotatable bonds is 6. The largest absolute Gasteiger partial charge is 0.342 e. The molecule has 0 aromatic carbocycles. The van der Waals surface area contributed by atoms with E-state index in [4.69, 9.17) is 4.52 Å². The first-order chi connectivity index (χ1) is 11.2. The fraction of sp³-hybridized carbons (Fsp3) is 0.533. The van der Waals surface area contributed by atoms with Crippen molar-refractivity contribution in [3.8, 4) is 11.6 Å². The molecule has 3 heterocycles. The fourth-order valence-electron chi connectivity index (χ4n) is 2.63. The van der Waals surface area contributed by atoms with Crippen LogP contribution in [0.1, 0.15) is 25.7 Å². The van der Waals surface area contributed by atoms with Gasteiger partial charge in [-0.1, -0.05) is 5.16 Å². The fourth-order valence-corrected chi connectivity index (χ4v) is 2.63. The average Bonchev–Trinajstić information content (AvgIpc) is 3.02. The summed E-state index contributed by atoms with van der Waals surface area (Å²) in [5.41, 5.74) is 0. The summed E-state index contributed by atoms with van der Waals surface area (Å²) in [6, 6.07) is 1.74. The molecule has 2 aromatic rings. The minimum atomic E-state index is 0.164. The molecule has 3 rings (SSSR count). The Balaban J connectivity index is 1.54. The van der Waals surface area contributed by atoms with Crippen LogP contribution < -0.4 is 0 Å². The van der Waals surface area contributed by atoms with E-state index in [2.05, 4.69) is 25.0 Å². The van der Waals surface area contributed by atoms with E-state index in [0.29, 0.717) is 24.1 Å². The summed E-state index contributed by atoms with van der Waals surface area (Å²) >= 11 is 0. The average molecular weight is 316 g/mol. The van der Waals surface area contributed by atoms with Crippen LogP contribution in [-0.4, -0.2) is 68.5 Å². The number of hydrogen-bond donors (Lipinski definition) is 0. The van der Waals surface area contributed by atoms with Crippen LogP contribution in [0.5, 0.6) is 0 Å². The second kappa shape index (κ2) is 6.82. The molecule has 1 saturated heterocycles. The quantitative estimate of drug-likeness (QED) is 0.778. The molecule has 1 aliphatic heterocycles. The van der Waals surface area contributed by atoms with Gasteiger partial charge in [0.05, 0.1) is 12.5 Å². The molecular formula is C15H20N6O2. The Labute approximate surface area is 134 Å². The summed E-state index contributed by atoms with van der Waals surface area (Å²) in [5, 5.41) is 3.93. The Morgan fingerprint density at radius 3 is 2.61 bits per heavy atom. The van der Waals surface area contributed by atoms with Crippen molar-refractivity contribution in [1.82, 2.24) is 29.9 Å². The summed E-state index contributed by atoms with van der Waals surface area (Å²) in [6.07, 6.45) is 3.28. The molecule has 122 valence electrons. The van der Waals surface area contributed by atoms with Gasteiger partial charge in [0.1, 0.15) is 0 Å². The minimum Gasteiger partial charge on any atom is -0.342 e. The SMILES string of the molecule is CCN(CC)C(=O)CN1CC(c2nc(-c3ncccn3)no2)C1. The van der Waals surface area contributed by atoms with Crippen molar-refractivity contribution in [2.45, 2.75) is 19.8 Å². The monoisotopic (exact) mass is 316 g/mol. The Bertz CT molecular complexity index is 649. The molecular weight excluding hydrogens is 296 g/mol. The predicted molar refractivity (Wildman–Crippen MR) is 82.4 cm³/mol. The maximum atomic E-state index is 12.1. The number of hydrogen-bond acceptors (Lipinski definition) is 7. The van der Waals surface area contributed by atoms with Crippen LogP contribution in [0.2, 0.25) is 0 Å². The van der Waals surface area contributed by atoms with Crippen LogP contribution in [0.25, 0.3) is 11.6 Å². The zero-order chi connectivity index (χ0) is 16.2. The molecule has 8 nitrogen and oxygen atoms in total. The van der Waals surface area contributed by atoms with Crippen molar-refractivity contribution >= 4 is 5.91 Å². The smallest absolute Gasteiger partial charge is 0.240 e. The first-order valence-electron chi connectivity index (χ1n) is 7.82. The molecule has 0 saturated carbocycles. The normalized spacial score (nSPS) is 15.4. The lowest BCUT2D eigenvalue weighted by molar-refractivity contribution is -0.133. The lowest BCUT2D eigenvalue weighted by Gasteiger charge is -2.37. The second-order valence-corrected chi connectivity index (χ2v) is 5.49. The lowest BCUT2D eigenvalue weighted by atomic mass is 10.0. The molecule has 0 radical (unpaired) electrons. The molecule has 0 unspecified atom stereocenters. The molecule has 1 fully saturated rings. The number of likely N-dealkylation sites (N-methyl/N-ethyl adjacent to an activating group) is 1. The molecule has 2 aromatic heterocycles. The zero-order valence-corrected chi connectivity index (χ0v) is 13.3. The van der Waals surface area contributed by atoms with Crippen molar-refractivity contribution in [2.24, 2.45) is 0 Å². The van der Waals surface area contributed by atoms with Crippen molar-refractivity contribution in [3.63, 3.8) is 0 Å². The number of amides is 1. The number of carbonyl (C=O) groups excluding carboxylic acids is 1. The van der Waals surface area contributed by atoms with E-state index >= 15 is 0 Å². The van der Waals surface area contributed by atoms with Crippen LogP contribution >= 0.6 is 0 Å². The highest BCUT2D eigenvalue weighted by Crippen LogP contribution is 2.26. The van der Waals surface area contributed by atoms with Crippen molar-refractivity contribution in [2.75, 3.05) is 32.7 Å². The molecule has 0 atom stereocenters. The van der Waals surface area contributed by atoms with E-state index in [1.54, 1.807) is 18.5 Å². The summed E-state index contributed by atoms with van der Waals surface area (Å²) in [7, 11) is 0. The highest BCUT2D eigenvalue weighted by Gasteiger charge is 2.34. The Morgan fingerprint density at radius 2 is 1.96 bits per heavy atom. The van der Waals surface area contributed by atoms with Gasteiger partial charge in [0, 0.05) is 38.6 Å². The van der Waals surface area contributed by atoms with Gasteiger partial charge >= 0.3 is 0 Å². The maximum absolute atomic E-state index is 12.1. The summed E-state index contributed by atoms with van der Waals surface area (Å²) in [4.78, 5) is 28.5. The van der Waals surface area contributed by atoms with E-state index in [9.17, 15) is 4.79 Å². The van der Waals surface area contributed by atoms with Gasteiger partial charge in [-0.25, -0.2) is 9.97 Å². The lowest BCUT2D eigenvalue weighted by Crippen LogP contribution is -2.50. The summed E-state index contributed by atoms with van der Waals surface area (Å²) in [6.45, 7) is 7.43. The standard InChI is InChI=1S/C15H20N6O2/c1-3-21(4-2)12(22)10-20-8-11(9-20)15-18-14(19-23-15)13-16-6-5-7-17-13/h5-7,11H,3-4,8-10H2,1-2H3. The third kappa shape index (κ3) is 3.37. The van der Waals surface area contributed by atoms with Gasteiger partial charge in [-0.15, -0.1) is 0 Å². The third-order valence-corrected chi connectivity index (χ3v) is 3.99. The van der Waals surface area contributed by atoms with E-state index in [1.807, 2.05) is 18.7 Å². The molecule has 8 heteroatoms. The first-order valence-corrected chi connectivity index (χ1v) is 7.82. The first kappa shape index (κ1) is 15.5. The zero-order valence-electron chi connectivity index (χ0n) is 13.3. The molecule has 0 aliphatic carbocycles. The van der Waals surface area contributed by atoms with E-state index in [1.165, 1.54) is 0 Å². The van der Waals surface area contributed by atoms with Crippen LogP contribution in [0.3, 0.4) is 0 Å². The van der Waals surface area contributed by atoms with Crippen molar-refractivity contribution < 1.29 is 9.32 Å². The minimum absolute atomic E-state index is 0.164. The van der Waals surface area contributed by atoms with Crippen LogP contribution in [-0.2, 0) is 4.79 Å². The molecule has 0 bridgehead atoms. The molecule has 23 heavy (non-hydrogen) atoms. The Hall–Kier alpha value is -2.35. The van der Waals surface area contributed by atoms with Gasteiger partial charge in [-0.3, -0.25) is 9.69 Å². The summed E-state index contributed by atoms with van der Waals surface area (Å²) < 4.78 is 5.30. The van der Waals surface area contributed by atoms with Crippen LogP contribution in [0.15, 0.2) is 23.0 Å². The highest BCUT2D eigenvalue weighted by molar-refractivity contribution is 5.78. The highest BCUT2D eigenvalue weighted by atomic mass is 16.5. The molecule has 1 amide bonds. The topological polar surface area (TPSA) is 88.3 Å². The number of likely N-dealkylation sites (tertiary alicyclic amines) is 1. The van der Waals surface area contributed by atoms with E-state index < -0.39 is 0 Å². The number of nitrogens with zero attached hydrogens (tertiary/aromatic N) is 6. The molecule has 0 N–H and O–H groups in total. The van der Waals surface area contributed by atoms with Gasteiger partial charge in [-0.2, -0.15) is 4.98 Å². The maximum Gasteiger partial charge on any atom is 0.240 e. The number of aromatic nitrogens is 4. The van der Waals surface area contributed by atoms with Crippen LogP contribution in [0, 0.1) is 0 Å². The molecule has 1 aliphatic rings. The third-order valence-electron chi connectivity index (χ3n) is 3.99. The van der Waals surface area contributed by atoms with Gasteiger partial charge < -0.3 is 9.42 Å². The Morgan fingerprint density at radius 1 is 1.26 bits per heavy atom.